The number of nitrogens with two attached hydrogens (primary N) is 1. The van der Waals surface area contributed by atoms with E-state index in [2.05, 4.69) is 20.3 Å². The quantitative estimate of drug-likeness (QED) is 0.545. The number of benzene rings is 1. The van der Waals surface area contributed by atoms with Crippen LogP contribution in [0.3, 0.4) is 0 Å². The predicted molar refractivity (Wildman–Crippen MR) is 125 cm³/mol. The highest BCUT2D eigenvalue weighted by molar-refractivity contribution is 6.10. The SMILES string of the molecule is CN=CC(=CN)c1ccc2cnc(NC(=O)c3ccnc(OCCN(C)C)c3)cc2c1. The number of rotatable bonds is 8. The van der Waals surface area contributed by atoms with E-state index < -0.39 is 0 Å². The third-order valence-corrected chi connectivity index (χ3v) is 4.53. The van der Waals surface area contributed by atoms with E-state index in [4.69, 9.17) is 10.5 Å². The average molecular weight is 419 g/mol. The van der Waals surface area contributed by atoms with Gasteiger partial charge in [-0.3, -0.25) is 9.79 Å². The molecule has 0 spiro atoms. The number of anilines is 1. The summed E-state index contributed by atoms with van der Waals surface area (Å²) in [5.74, 6) is 0.566. The van der Waals surface area contributed by atoms with Gasteiger partial charge < -0.3 is 20.7 Å². The number of amides is 1. The van der Waals surface area contributed by atoms with Crippen LogP contribution in [-0.4, -0.2) is 61.3 Å². The summed E-state index contributed by atoms with van der Waals surface area (Å²) in [6.45, 7) is 1.24. The Morgan fingerprint density at radius 1 is 1.16 bits per heavy atom. The van der Waals surface area contributed by atoms with Crippen LogP contribution in [0.5, 0.6) is 5.88 Å². The molecular formula is C23H26N6O2. The van der Waals surface area contributed by atoms with Gasteiger partial charge in [0, 0.05) is 61.0 Å². The number of aliphatic imine (C=N–C) groups is 1. The van der Waals surface area contributed by atoms with Gasteiger partial charge in [0.15, 0.2) is 0 Å². The number of nitrogens with one attached hydrogen (secondary N) is 1. The van der Waals surface area contributed by atoms with Crippen LogP contribution in [0.15, 0.2) is 60.0 Å². The Kier molecular flexibility index (Phi) is 7.29. The van der Waals surface area contributed by atoms with Gasteiger partial charge in [-0.2, -0.15) is 0 Å². The first-order chi connectivity index (χ1) is 15.0. The molecule has 0 aliphatic carbocycles. The smallest absolute Gasteiger partial charge is 0.257 e. The average Bonchev–Trinajstić information content (AvgIpc) is 2.77. The largest absolute Gasteiger partial charge is 0.476 e. The van der Waals surface area contributed by atoms with Crippen molar-refractivity contribution in [2.45, 2.75) is 0 Å². The molecule has 2 heterocycles. The van der Waals surface area contributed by atoms with E-state index >= 15 is 0 Å². The van der Waals surface area contributed by atoms with Crippen molar-refractivity contribution < 1.29 is 9.53 Å². The highest BCUT2D eigenvalue weighted by Gasteiger charge is 2.10. The zero-order chi connectivity index (χ0) is 22.2. The van der Waals surface area contributed by atoms with Crippen molar-refractivity contribution in [2.75, 3.05) is 39.6 Å². The van der Waals surface area contributed by atoms with Crippen LogP contribution in [-0.2, 0) is 0 Å². The zero-order valence-corrected chi connectivity index (χ0v) is 17.9. The molecule has 0 atom stereocenters. The Hall–Kier alpha value is -3.78. The number of carbonyl (C=O) groups excluding carboxylic acids is 1. The Morgan fingerprint density at radius 2 is 2.00 bits per heavy atom. The first-order valence-electron chi connectivity index (χ1n) is 9.79. The number of nitrogens with zero attached hydrogens (tertiary/aromatic N) is 4. The summed E-state index contributed by atoms with van der Waals surface area (Å²) >= 11 is 0. The first kappa shape index (κ1) is 21.9. The first-order valence-corrected chi connectivity index (χ1v) is 9.79. The van der Waals surface area contributed by atoms with Crippen LogP contribution in [0, 0.1) is 0 Å². The zero-order valence-electron chi connectivity index (χ0n) is 17.9. The molecule has 0 aliphatic heterocycles. The monoisotopic (exact) mass is 418 g/mol. The minimum atomic E-state index is -0.288. The lowest BCUT2D eigenvalue weighted by molar-refractivity contribution is 0.102. The lowest BCUT2D eigenvalue weighted by Crippen LogP contribution is -2.20. The number of aromatic nitrogens is 2. The number of hydrogen-bond acceptors (Lipinski definition) is 7. The number of ether oxygens (including phenoxy) is 1. The minimum Gasteiger partial charge on any atom is -0.476 e. The summed E-state index contributed by atoms with van der Waals surface area (Å²) in [5, 5.41) is 4.71. The van der Waals surface area contributed by atoms with Gasteiger partial charge in [0.1, 0.15) is 12.4 Å². The Bertz CT molecular complexity index is 1120. The second kappa shape index (κ2) is 10.3. The van der Waals surface area contributed by atoms with E-state index in [9.17, 15) is 4.79 Å². The van der Waals surface area contributed by atoms with Crippen molar-refractivity contribution >= 4 is 34.3 Å². The molecule has 0 saturated carbocycles. The molecular weight excluding hydrogens is 392 g/mol. The predicted octanol–water partition coefficient (Wildman–Crippen LogP) is 2.82. The van der Waals surface area contributed by atoms with Crippen LogP contribution in [0.4, 0.5) is 5.82 Å². The molecule has 0 radical (unpaired) electrons. The minimum absolute atomic E-state index is 0.288. The summed E-state index contributed by atoms with van der Waals surface area (Å²) in [4.78, 5) is 27.2. The molecule has 3 aromatic rings. The maximum absolute atomic E-state index is 12.7. The molecule has 0 unspecified atom stereocenters. The van der Waals surface area contributed by atoms with Crippen molar-refractivity contribution in [1.82, 2.24) is 14.9 Å². The number of hydrogen-bond donors (Lipinski definition) is 2. The highest BCUT2D eigenvalue weighted by Crippen LogP contribution is 2.22. The molecule has 2 aromatic heterocycles. The van der Waals surface area contributed by atoms with Crippen molar-refractivity contribution in [1.29, 1.82) is 0 Å². The van der Waals surface area contributed by atoms with Crippen LogP contribution >= 0.6 is 0 Å². The molecule has 8 heteroatoms. The maximum Gasteiger partial charge on any atom is 0.257 e. The third kappa shape index (κ3) is 5.86. The molecule has 0 saturated heterocycles. The number of likely N-dealkylation sites (N-methyl/N-ethyl adjacent to an activating group) is 1. The van der Waals surface area contributed by atoms with Crippen molar-refractivity contribution in [3.63, 3.8) is 0 Å². The van der Waals surface area contributed by atoms with Crippen molar-refractivity contribution in [3.05, 3.63) is 66.1 Å². The van der Waals surface area contributed by atoms with Crippen molar-refractivity contribution in [2.24, 2.45) is 10.7 Å². The highest BCUT2D eigenvalue weighted by atomic mass is 16.5. The molecule has 1 aromatic carbocycles. The molecule has 0 bridgehead atoms. The second-order valence-corrected chi connectivity index (χ2v) is 7.13. The lowest BCUT2D eigenvalue weighted by Gasteiger charge is -2.11. The summed E-state index contributed by atoms with van der Waals surface area (Å²) < 4.78 is 5.61. The Morgan fingerprint density at radius 3 is 2.74 bits per heavy atom. The van der Waals surface area contributed by atoms with E-state index in [0.29, 0.717) is 23.9 Å². The molecule has 31 heavy (non-hydrogen) atoms. The molecule has 0 aliphatic rings. The molecule has 1 amide bonds. The molecule has 3 N–H and O–H groups in total. The number of fused-ring (bicyclic) bond motifs is 1. The van der Waals surface area contributed by atoms with Gasteiger partial charge in [0.05, 0.1) is 0 Å². The Balaban J connectivity index is 1.77. The van der Waals surface area contributed by atoms with Gasteiger partial charge in [-0.25, -0.2) is 9.97 Å². The van der Waals surface area contributed by atoms with E-state index in [1.807, 2.05) is 43.3 Å². The maximum atomic E-state index is 12.7. The molecule has 160 valence electrons. The van der Waals surface area contributed by atoms with Crippen LogP contribution in [0.1, 0.15) is 15.9 Å². The van der Waals surface area contributed by atoms with E-state index in [-0.39, 0.29) is 5.91 Å². The fourth-order valence-electron chi connectivity index (χ4n) is 2.89. The van der Waals surface area contributed by atoms with Crippen molar-refractivity contribution in [3.8, 4) is 5.88 Å². The van der Waals surface area contributed by atoms with Gasteiger partial charge in [0.2, 0.25) is 5.88 Å². The summed E-state index contributed by atoms with van der Waals surface area (Å²) in [6.07, 6.45) is 6.49. The summed E-state index contributed by atoms with van der Waals surface area (Å²) in [6, 6.07) is 11.0. The van der Waals surface area contributed by atoms with Crippen LogP contribution < -0.4 is 15.8 Å². The van der Waals surface area contributed by atoms with Gasteiger partial charge in [-0.05, 0) is 43.2 Å². The molecule has 0 fully saturated rings. The van der Waals surface area contributed by atoms with Crippen LogP contribution in [0.2, 0.25) is 0 Å². The van der Waals surface area contributed by atoms with Gasteiger partial charge in [0.25, 0.3) is 5.91 Å². The van der Waals surface area contributed by atoms with Crippen LogP contribution in [0.25, 0.3) is 16.3 Å². The third-order valence-electron chi connectivity index (χ3n) is 4.53. The lowest BCUT2D eigenvalue weighted by atomic mass is 10.0. The standard InChI is InChI=1S/C23H26N6O2/c1-25-14-20(13-24)16-4-5-18-15-27-21(11-19(18)10-16)28-23(30)17-6-7-26-22(12-17)31-9-8-29(2)3/h4-7,10-15H,8-9,24H2,1-3H3,(H,27,28,30). The van der Waals surface area contributed by atoms with Gasteiger partial charge in [-0.15, -0.1) is 0 Å². The summed E-state index contributed by atoms with van der Waals surface area (Å²) in [5.41, 5.74) is 7.89. The number of carbonyl (C=O) groups is 1. The molecule has 8 nitrogen and oxygen atoms in total. The van der Waals surface area contributed by atoms with E-state index in [1.165, 1.54) is 6.20 Å². The fraction of sp³-hybridized carbons (Fsp3) is 0.217. The van der Waals surface area contributed by atoms with E-state index in [1.54, 1.807) is 37.8 Å². The topological polar surface area (TPSA) is 106 Å². The molecule has 3 rings (SSSR count). The summed E-state index contributed by atoms with van der Waals surface area (Å²) in [7, 11) is 5.62. The van der Waals surface area contributed by atoms with E-state index in [0.717, 1.165) is 28.5 Å². The van der Waals surface area contributed by atoms with Gasteiger partial charge >= 0.3 is 0 Å². The number of allylic oxidation sites excluding steroid dienone is 1. The second-order valence-electron chi connectivity index (χ2n) is 7.13. The normalized spacial score (nSPS) is 11.9. The Labute approximate surface area is 181 Å². The fourth-order valence-corrected chi connectivity index (χ4v) is 2.89. The van der Waals surface area contributed by atoms with Gasteiger partial charge in [-0.1, -0.05) is 12.1 Å². The number of pyridine rings is 2.